The van der Waals surface area contributed by atoms with Gasteiger partial charge in [-0.2, -0.15) is 0 Å². The fourth-order valence-electron chi connectivity index (χ4n) is 3.57. The largest absolute Gasteiger partial charge is 0.494 e. The van der Waals surface area contributed by atoms with Gasteiger partial charge in [0.05, 0.1) is 17.7 Å². The van der Waals surface area contributed by atoms with Crippen molar-refractivity contribution in [2.24, 2.45) is 11.3 Å². The lowest BCUT2D eigenvalue weighted by Gasteiger charge is -2.28. The van der Waals surface area contributed by atoms with Crippen molar-refractivity contribution in [1.29, 1.82) is 0 Å². The molecule has 0 aromatic heterocycles. The molecule has 1 heterocycles. The number of nitrogens with one attached hydrogen (secondary N) is 1. The first kappa shape index (κ1) is 24.6. The van der Waals surface area contributed by atoms with Crippen LogP contribution < -0.4 is 19.7 Å². The van der Waals surface area contributed by atoms with Crippen molar-refractivity contribution < 1.29 is 19.1 Å². The van der Waals surface area contributed by atoms with Crippen LogP contribution in [0, 0.1) is 11.3 Å². The normalized spacial score (nSPS) is 15.0. The molecule has 3 rings (SSSR count). The van der Waals surface area contributed by atoms with E-state index in [9.17, 15) is 9.59 Å². The Labute approximate surface area is 197 Å². The zero-order chi connectivity index (χ0) is 24.0. The lowest BCUT2D eigenvalue weighted by Crippen LogP contribution is -2.42. The van der Waals surface area contributed by atoms with E-state index in [0.717, 1.165) is 25.0 Å². The van der Waals surface area contributed by atoms with Crippen LogP contribution in [0.3, 0.4) is 0 Å². The van der Waals surface area contributed by atoms with Gasteiger partial charge in [0.25, 0.3) is 5.91 Å². The van der Waals surface area contributed by atoms with Gasteiger partial charge in [0.2, 0.25) is 5.91 Å². The summed E-state index contributed by atoms with van der Waals surface area (Å²) < 4.78 is 11.6. The molecular weight excluding hydrogens is 416 g/mol. The second-order valence-electron chi connectivity index (χ2n) is 9.67. The molecule has 0 fully saturated rings. The van der Waals surface area contributed by atoms with E-state index in [1.54, 1.807) is 17.0 Å². The Morgan fingerprint density at radius 1 is 1.18 bits per heavy atom. The van der Waals surface area contributed by atoms with Crippen molar-refractivity contribution >= 4 is 23.2 Å². The van der Waals surface area contributed by atoms with Crippen LogP contribution in [0.1, 0.15) is 64.2 Å². The Balaban J connectivity index is 1.78. The van der Waals surface area contributed by atoms with Crippen molar-refractivity contribution in [3.63, 3.8) is 0 Å². The van der Waals surface area contributed by atoms with E-state index < -0.39 is 5.41 Å². The van der Waals surface area contributed by atoms with Crippen molar-refractivity contribution in [1.82, 2.24) is 0 Å². The molecule has 0 bridgehead atoms. The molecule has 0 saturated carbocycles. The number of anilines is 2. The minimum absolute atomic E-state index is 0.0315. The summed E-state index contributed by atoms with van der Waals surface area (Å²) in [5.74, 6) is 1.69. The van der Waals surface area contributed by atoms with Crippen LogP contribution in [0.2, 0.25) is 0 Å². The summed E-state index contributed by atoms with van der Waals surface area (Å²) in [4.78, 5) is 27.9. The highest BCUT2D eigenvalue weighted by atomic mass is 16.5. The predicted molar refractivity (Wildman–Crippen MR) is 132 cm³/mol. The fraction of sp³-hybridized carbons (Fsp3) is 0.481. The second-order valence-corrected chi connectivity index (χ2v) is 9.67. The molecule has 0 atom stereocenters. The predicted octanol–water partition coefficient (Wildman–Crippen LogP) is 5.92. The van der Waals surface area contributed by atoms with E-state index in [0.29, 0.717) is 48.4 Å². The zero-order valence-electron chi connectivity index (χ0n) is 20.4. The van der Waals surface area contributed by atoms with Gasteiger partial charge in [-0.1, -0.05) is 27.2 Å². The minimum Gasteiger partial charge on any atom is -0.494 e. The van der Waals surface area contributed by atoms with Gasteiger partial charge < -0.3 is 19.7 Å². The van der Waals surface area contributed by atoms with Crippen LogP contribution in [0.15, 0.2) is 42.5 Å². The third-order valence-corrected chi connectivity index (χ3v) is 5.73. The Kier molecular flexibility index (Phi) is 8.01. The summed E-state index contributed by atoms with van der Waals surface area (Å²) in [6.45, 7) is 11.8. The first-order chi connectivity index (χ1) is 15.7. The zero-order valence-corrected chi connectivity index (χ0v) is 20.4. The van der Waals surface area contributed by atoms with Gasteiger partial charge in [0, 0.05) is 17.8 Å². The highest BCUT2D eigenvalue weighted by Gasteiger charge is 2.37. The number of carbonyl (C=O) groups excluding carboxylic acids is 2. The van der Waals surface area contributed by atoms with Crippen LogP contribution in [0.4, 0.5) is 11.4 Å². The van der Waals surface area contributed by atoms with Crippen molar-refractivity contribution in [3.8, 4) is 11.5 Å². The summed E-state index contributed by atoms with van der Waals surface area (Å²) in [7, 11) is 0. The topological polar surface area (TPSA) is 67.9 Å². The summed E-state index contributed by atoms with van der Waals surface area (Å²) >= 11 is 0. The van der Waals surface area contributed by atoms with Crippen LogP contribution in [0.5, 0.6) is 11.5 Å². The standard InChI is InChI=1S/C27H36N2O4/c1-6-7-16-32-22-11-8-20(9-12-22)25(30)28-21-10-13-24-23(17-21)29(15-14-19(2)3)26(31)27(4,5)18-33-24/h8-13,17,19H,6-7,14-16,18H2,1-5H3,(H,28,30). The van der Waals surface area contributed by atoms with E-state index in [-0.39, 0.29) is 11.8 Å². The lowest BCUT2D eigenvalue weighted by atomic mass is 9.92. The number of rotatable bonds is 9. The molecule has 0 saturated heterocycles. The molecule has 6 nitrogen and oxygen atoms in total. The van der Waals surface area contributed by atoms with Crippen molar-refractivity contribution in [3.05, 3.63) is 48.0 Å². The number of unbranched alkanes of at least 4 members (excludes halogenated alkanes) is 1. The van der Waals surface area contributed by atoms with Crippen molar-refractivity contribution in [2.45, 2.75) is 53.9 Å². The molecule has 2 aromatic carbocycles. The highest BCUT2D eigenvalue weighted by molar-refractivity contribution is 6.05. The maximum Gasteiger partial charge on any atom is 0.255 e. The molecule has 6 heteroatoms. The Hall–Kier alpha value is -3.02. The van der Waals surface area contributed by atoms with E-state index in [1.165, 1.54) is 0 Å². The number of amides is 2. The maximum atomic E-state index is 13.3. The molecule has 2 aromatic rings. The lowest BCUT2D eigenvalue weighted by molar-refractivity contribution is -0.127. The van der Waals surface area contributed by atoms with Gasteiger partial charge in [-0.05, 0) is 75.1 Å². The van der Waals surface area contributed by atoms with Gasteiger partial charge in [-0.25, -0.2) is 0 Å². The molecule has 0 spiro atoms. The smallest absolute Gasteiger partial charge is 0.255 e. The van der Waals surface area contributed by atoms with E-state index in [4.69, 9.17) is 9.47 Å². The van der Waals surface area contributed by atoms with Crippen LogP contribution in [-0.4, -0.2) is 31.6 Å². The Morgan fingerprint density at radius 3 is 2.58 bits per heavy atom. The first-order valence-corrected chi connectivity index (χ1v) is 11.8. The van der Waals surface area contributed by atoms with Gasteiger partial charge in [-0.15, -0.1) is 0 Å². The summed E-state index contributed by atoms with van der Waals surface area (Å²) in [5.41, 5.74) is 1.23. The number of ether oxygens (including phenoxy) is 2. The summed E-state index contributed by atoms with van der Waals surface area (Å²) in [6, 6.07) is 12.6. The molecular formula is C27H36N2O4. The number of hydrogen-bond acceptors (Lipinski definition) is 4. The second kappa shape index (κ2) is 10.7. The van der Waals surface area contributed by atoms with Gasteiger partial charge in [0.15, 0.2) is 0 Å². The molecule has 1 aliphatic heterocycles. The van der Waals surface area contributed by atoms with Crippen LogP contribution >= 0.6 is 0 Å². The van der Waals surface area contributed by atoms with E-state index in [1.807, 2.05) is 44.2 Å². The quantitative estimate of drug-likeness (QED) is 0.480. The van der Waals surface area contributed by atoms with E-state index in [2.05, 4.69) is 26.1 Å². The fourth-order valence-corrected chi connectivity index (χ4v) is 3.57. The molecule has 0 aliphatic carbocycles. The summed E-state index contributed by atoms with van der Waals surface area (Å²) in [6.07, 6.45) is 2.95. The molecule has 178 valence electrons. The van der Waals surface area contributed by atoms with Crippen LogP contribution in [-0.2, 0) is 4.79 Å². The molecule has 0 unspecified atom stereocenters. The number of carbonyl (C=O) groups is 2. The van der Waals surface area contributed by atoms with Crippen molar-refractivity contribution in [2.75, 3.05) is 30.0 Å². The third-order valence-electron chi connectivity index (χ3n) is 5.73. The average Bonchev–Trinajstić information content (AvgIpc) is 2.87. The number of nitrogens with zero attached hydrogens (tertiary/aromatic N) is 1. The third kappa shape index (κ3) is 6.28. The van der Waals surface area contributed by atoms with E-state index >= 15 is 0 Å². The van der Waals surface area contributed by atoms with Crippen LogP contribution in [0.25, 0.3) is 0 Å². The Bertz CT molecular complexity index is 967. The number of fused-ring (bicyclic) bond motifs is 1. The summed E-state index contributed by atoms with van der Waals surface area (Å²) in [5, 5.41) is 2.95. The van der Waals surface area contributed by atoms with Gasteiger partial charge in [-0.3, -0.25) is 9.59 Å². The average molecular weight is 453 g/mol. The number of benzene rings is 2. The number of hydrogen-bond donors (Lipinski definition) is 1. The monoisotopic (exact) mass is 452 g/mol. The Morgan fingerprint density at radius 2 is 1.91 bits per heavy atom. The molecule has 1 N–H and O–H groups in total. The molecule has 1 aliphatic rings. The molecule has 0 radical (unpaired) electrons. The first-order valence-electron chi connectivity index (χ1n) is 11.8. The minimum atomic E-state index is -0.625. The van der Waals surface area contributed by atoms with Gasteiger partial charge >= 0.3 is 0 Å². The maximum absolute atomic E-state index is 13.3. The molecule has 2 amide bonds. The molecule has 33 heavy (non-hydrogen) atoms. The van der Waals surface area contributed by atoms with Gasteiger partial charge in [0.1, 0.15) is 18.1 Å². The SMILES string of the molecule is CCCCOc1ccc(C(=O)Nc2ccc3c(c2)N(CCC(C)C)C(=O)C(C)(C)CO3)cc1. The highest BCUT2D eigenvalue weighted by Crippen LogP contribution is 2.38.